The van der Waals surface area contributed by atoms with Gasteiger partial charge in [0.2, 0.25) is 0 Å². The van der Waals surface area contributed by atoms with Crippen molar-refractivity contribution in [1.82, 2.24) is 0 Å². The van der Waals surface area contributed by atoms with Crippen LogP contribution in [0.2, 0.25) is 0 Å². The van der Waals surface area contributed by atoms with Crippen LogP contribution in [0.4, 0.5) is 0 Å². The highest BCUT2D eigenvalue weighted by Crippen LogP contribution is 2.54. The van der Waals surface area contributed by atoms with Crippen LogP contribution in [0.5, 0.6) is 0 Å². The van der Waals surface area contributed by atoms with E-state index in [-0.39, 0.29) is 22.2 Å². The number of rotatable bonds is 9. The van der Waals surface area contributed by atoms with Gasteiger partial charge in [-0.2, -0.15) is 8.42 Å². The lowest BCUT2D eigenvalue weighted by molar-refractivity contribution is -0.119. The predicted octanol–water partition coefficient (Wildman–Crippen LogP) is 3.93. The number of unbranched alkanes of at least 4 members (excludes halogenated alkanes) is 2. The second-order valence-corrected chi connectivity index (χ2v) is 11.8. The molecule has 1 aliphatic heterocycles. The first-order valence-corrected chi connectivity index (χ1v) is 12.6. The van der Waals surface area contributed by atoms with Gasteiger partial charge in [0.1, 0.15) is 11.6 Å². The molecule has 2 rings (SSSR count). The molecule has 146 valence electrons. The smallest absolute Gasteiger partial charge is 0.300 e. The summed E-state index contributed by atoms with van der Waals surface area (Å²) in [6, 6.07) is 6.49. The molecule has 0 N–H and O–H groups in total. The third-order valence-corrected chi connectivity index (χ3v) is 10.00. The molecule has 0 atom stereocenters. The van der Waals surface area contributed by atoms with Gasteiger partial charge in [0, 0.05) is 30.8 Å². The number of carbonyl (C=O) groups is 2. The van der Waals surface area contributed by atoms with Gasteiger partial charge in [-0.15, -0.1) is 10.3 Å². The molecule has 1 aromatic rings. The molecule has 0 unspecified atom stereocenters. The Labute approximate surface area is 158 Å². The number of aryl methyl sites for hydroxylation is 1. The SMILES string of the molecule is CCCCCC(=O)CS1(OS(=O)(=O)c2ccc(C)cc2)CCC(=O)CC1. The van der Waals surface area contributed by atoms with E-state index in [2.05, 4.69) is 6.92 Å². The summed E-state index contributed by atoms with van der Waals surface area (Å²) < 4.78 is 31.2. The van der Waals surface area contributed by atoms with Crippen LogP contribution in [0.15, 0.2) is 29.2 Å². The van der Waals surface area contributed by atoms with Crippen LogP contribution in [0.1, 0.15) is 51.0 Å². The van der Waals surface area contributed by atoms with E-state index in [1.165, 1.54) is 12.1 Å². The molecule has 5 nitrogen and oxygen atoms in total. The zero-order valence-electron chi connectivity index (χ0n) is 15.5. The lowest BCUT2D eigenvalue weighted by atomic mass is 10.2. The number of hydrogen-bond acceptors (Lipinski definition) is 5. The molecule has 0 aliphatic carbocycles. The van der Waals surface area contributed by atoms with E-state index in [9.17, 15) is 18.0 Å². The van der Waals surface area contributed by atoms with E-state index < -0.39 is 20.4 Å². The van der Waals surface area contributed by atoms with Crippen LogP contribution in [0.25, 0.3) is 0 Å². The Balaban J connectivity index is 2.17. The zero-order chi connectivity index (χ0) is 19.2. The number of hydrogen-bond donors (Lipinski definition) is 0. The van der Waals surface area contributed by atoms with Gasteiger partial charge < -0.3 is 0 Å². The maximum absolute atomic E-state index is 12.7. The Bertz CT molecular complexity index is 728. The number of carbonyl (C=O) groups excluding carboxylic acids is 2. The summed E-state index contributed by atoms with van der Waals surface area (Å²) >= 11 is 0. The second-order valence-electron chi connectivity index (χ2n) is 6.89. The lowest BCUT2D eigenvalue weighted by Gasteiger charge is -2.40. The van der Waals surface area contributed by atoms with Crippen molar-refractivity contribution in [3.8, 4) is 0 Å². The minimum Gasteiger partial charge on any atom is -0.300 e. The minimum absolute atomic E-state index is 0.0434. The summed E-state index contributed by atoms with van der Waals surface area (Å²) in [6.45, 7) is 3.95. The Hall–Kier alpha value is -1.18. The predicted molar refractivity (Wildman–Crippen MR) is 105 cm³/mol. The molecule has 1 aliphatic rings. The molecule has 1 saturated heterocycles. The Morgan fingerprint density at radius 3 is 2.31 bits per heavy atom. The summed E-state index contributed by atoms with van der Waals surface area (Å²) in [5.41, 5.74) is 0.959. The van der Waals surface area contributed by atoms with E-state index in [4.69, 9.17) is 3.63 Å². The van der Waals surface area contributed by atoms with Crippen molar-refractivity contribution in [3.63, 3.8) is 0 Å². The monoisotopic (exact) mass is 400 g/mol. The topological polar surface area (TPSA) is 77.5 Å². The molecule has 0 radical (unpaired) electrons. The second kappa shape index (κ2) is 9.15. The lowest BCUT2D eigenvalue weighted by Crippen LogP contribution is -2.30. The molecule has 0 aromatic heterocycles. The van der Waals surface area contributed by atoms with Crippen LogP contribution in [0.3, 0.4) is 0 Å². The van der Waals surface area contributed by atoms with Gasteiger partial charge in [-0.25, -0.2) is 3.63 Å². The van der Waals surface area contributed by atoms with Crippen molar-refractivity contribution in [2.75, 3.05) is 17.3 Å². The zero-order valence-corrected chi connectivity index (χ0v) is 17.2. The van der Waals surface area contributed by atoms with E-state index in [1.54, 1.807) is 12.1 Å². The van der Waals surface area contributed by atoms with Crippen LogP contribution in [-0.4, -0.2) is 37.2 Å². The number of ketones is 2. The number of Topliss-reactive ketones (excluding diaryl/α,β-unsaturated/α-hetero) is 2. The molecular formula is C19H28O5S2. The largest absolute Gasteiger partial charge is 0.306 e. The summed E-state index contributed by atoms with van der Waals surface area (Å²) in [5.74, 6) is 1.01. The molecule has 0 spiro atoms. The first-order chi connectivity index (χ1) is 12.3. The highest BCUT2D eigenvalue weighted by molar-refractivity contribution is 8.33. The highest BCUT2D eigenvalue weighted by atomic mass is 32.3. The first kappa shape index (κ1) is 21.1. The van der Waals surface area contributed by atoms with Gasteiger partial charge >= 0.3 is 10.1 Å². The third kappa shape index (κ3) is 5.93. The molecule has 1 aromatic carbocycles. The van der Waals surface area contributed by atoms with Crippen LogP contribution >= 0.6 is 10.3 Å². The molecule has 1 fully saturated rings. The summed E-state index contributed by atoms with van der Waals surface area (Å²) in [5, 5.41) is 0. The Morgan fingerprint density at radius 2 is 1.73 bits per heavy atom. The van der Waals surface area contributed by atoms with Gasteiger partial charge in [-0.05, 0) is 25.5 Å². The average molecular weight is 401 g/mol. The maximum Gasteiger partial charge on any atom is 0.306 e. The Kier molecular flexibility index (Phi) is 7.43. The van der Waals surface area contributed by atoms with Crippen molar-refractivity contribution in [3.05, 3.63) is 29.8 Å². The normalized spacial score (nSPS) is 18.5. The molecule has 26 heavy (non-hydrogen) atoms. The van der Waals surface area contributed by atoms with Gasteiger partial charge in [0.05, 0.1) is 10.6 Å². The fourth-order valence-corrected chi connectivity index (χ4v) is 8.40. The Morgan fingerprint density at radius 1 is 1.12 bits per heavy atom. The standard InChI is InChI=1S/C19H28O5S2/c1-3-4-5-6-18(21)15-25(13-11-17(20)12-14-25)24-26(22,23)19-9-7-16(2)8-10-19/h7-10H,3-6,11-15H2,1-2H3. The molecule has 7 heteroatoms. The van der Waals surface area contributed by atoms with Gasteiger partial charge in [0.15, 0.2) is 0 Å². The highest BCUT2D eigenvalue weighted by Gasteiger charge is 2.37. The number of benzene rings is 1. The minimum atomic E-state index is -3.95. The van der Waals surface area contributed by atoms with Crippen LogP contribution < -0.4 is 0 Å². The van der Waals surface area contributed by atoms with E-state index in [1.807, 2.05) is 6.92 Å². The molecular weight excluding hydrogens is 372 g/mol. The maximum atomic E-state index is 12.7. The average Bonchev–Trinajstić information content (AvgIpc) is 2.58. The van der Waals surface area contributed by atoms with Gasteiger partial charge in [-0.3, -0.25) is 9.59 Å². The molecule has 0 bridgehead atoms. The van der Waals surface area contributed by atoms with E-state index in [0.29, 0.717) is 30.8 Å². The quantitative estimate of drug-likeness (QED) is 0.587. The first-order valence-electron chi connectivity index (χ1n) is 9.09. The van der Waals surface area contributed by atoms with Crippen molar-refractivity contribution in [2.24, 2.45) is 0 Å². The molecule has 0 amide bonds. The van der Waals surface area contributed by atoms with Gasteiger partial charge in [0.25, 0.3) is 0 Å². The molecule has 1 heterocycles. The van der Waals surface area contributed by atoms with Crippen LogP contribution in [-0.2, 0) is 23.3 Å². The summed E-state index contributed by atoms with van der Waals surface area (Å²) in [6.07, 6.45) is 3.86. The third-order valence-electron chi connectivity index (χ3n) is 4.53. The van der Waals surface area contributed by atoms with Crippen molar-refractivity contribution < 1.29 is 21.6 Å². The van der Waals surface area contributed by atoms with Gasteiger partial charge in [-0.1, -0.05) is 37.5 Å². The summed E-state index contributed by atoms with van der Waals surface area (Å²) in [4.78, 5) is 24.1. The molecule has 0 saturated carbocycles. The fraction of sp³-hybridized carbons (Fsp3) is 0.579. The van der Waals surface area contributed by atoms with Crippen LogP contribution in [0, 0.1) is 6.92 Å². The van der Waals surface area contributed by atoms with Crippen molar-refractivity contribution in [2.45, 2.75) is 57.3 Å². The van der Waals surface area contributed by atoms with Crippen molar-refractivity contribution in [1.29, 1.82) is 0 Å². The summed E-state index contributed by atoms with van der Waals surface area (Å²) in [7, 11) is -6.09. The van der Waals surface area contributed by atoms with E-state index in [0.717, 1.165) is 24.8 Å². The fourth-order valence-electron chi connectivity index (χ4n) is 2.94. The van der Waals surface area contributed by atoms with E-state index >= 15 is 0 Å². The van der Waals surface area contributed by atoms with Crippen molar-refractivity contribution >= 4 is 32.0 Å².